The maximum atomic E-state index is 14.2. The van der Waals surface area contributed by atoms with E-state index in [2.05, 4.69) is 4.98 Å². The van der Waals surface area contributed by atoms with Crippen LogP contribution in [0.5, 0.6) is 0 Å². The van der Waals surface area contributed by atoms with E-state index >= 15 is 0 Å². The van der Waals surface area contributed by atoms with Crippen molar-refractivity contribution in [3.05, 3.63) is 64.2 Å². The highest BCUT2D eigenvalue weighted by Gasteiger charge is 2.22. The molecule has 0 atom stereocenters. The van der Waals surface area contributed by atoms with Gasteiger partial charge in [0.1, 0.15) is 5.82 Å². The Labute approximate surface area is 179 Å². The standard InChI is InChI=1S/C23H26FN3O2S/c1-14(2)26(15(3)4)21(28)13-30-23-25-20-9-7-6-8-18(20)22(29)27(23)17-11-10-16(5)19(24)12-17/h6-12,14-15H,13H2,1-5H3. The third-order valence-corrected chi connectivity index (χ3v) is 5.81. The van der Waals surface area contributed by atoms with Crippen molar-refractivity contribution in [2.45, 2.75) is 51.9 Å². The van der Waals surface area contributed by atoms with Gasteiger partial charge in [-0.1, -0.05) is 30.0 Å². The SMILES string of the molecule is Cc1ccc(-n2c(SCC(=O)N(C(C)C)C(C)C)nc3ccccc3c2=O)cc1F. The minimum absolute atomic E-state index is 0.0333. The molecule has 2 aromatic carbocycles. The number of hydrogen-bond donors (Lipinski definition) is 0. The molecule has 158 valence electrons. The van der Waals surface area contributed by atoms with Gasteiger partial charge in [-0.25, -0.2) is 9.37 Å². The van der Waals surface area contributed by atoms with Crippen LogP contribution >= 0.6 is 11.8 Å². The Kier molecular flexibility index (Phi) is 6.61. The summed E-state index contributed by atoms with van der Waals surface area (Å²) in [5, 5.41) is 0.808. The number of aromatic nitrogens is 2. The molecule has 3 rings (SSSR count). The minimum atomic E-state index is -0.398. The normalized spacial score (nSPS) is 11.5. The summed E-state index contributed by atoms with van der Waals surface area (Å²) in [7, 11) is 0. The summed E-state index contributed by atoms with van der Waals surface area (Å²) in [5.41, 5.74) is 1.14. The Hall–Kier alpha value is -2.67. The molecule has 0 aliphatic carbocycles. The van der Waals surface area contributed by atoms with E-state index in [0.717, 1.165) is 0 Å². The molecular formula is C23H26FN3O2S. The predicted octanol–water partition coefficient (Wildman–Crippen LogP) is 4.57. The lowest BCUT2D eigenvalue weighted by molar-refractivity contribution is -0.131. The first-order valence-corrected chi connectivity index (χ1v) is 10.9. The average Bonchev–Trinajstić information content (AvgIpc) is 2.68. The highest BCUT2D eigenvalue weighted by molar-refractivity contribution is 7.99. The number of amides is 1. The van der Waals surface area contributed by atoms with Crippen molar-refractivity contribution in [3.8, 4) is 5.69 Å². The molecule has 7 heteroatoms. The molecule has 30 heavy (non-hydrogen) atoms. The number of benzene rings is 2. The van der Waals surface area contributed by atoms with Crippen LogP contribution in [0.2, 0.25) is 0 Å². The van der Waals surface area contributed by atoms with Crippen LogP contribution < -0.4 is 5.56 Å². The molecule has 0 aliphatic rings. The number of carbonyl (C=O) groups excluding carboxylic acids is 1. The van der Waals surface area contributed by atoms with Crippen molar-refractivity contribution >= 4 is 28.6 Å². The molecule has 0 N–H and O–H groups in total. The minimum Gasteiger partial charge on any atom is -0.337 e. The van der Waals surface area contributed by atoms with Gasteiger partial charge in [0.25, 0.3) is 5.56 Å². The van der Waals surface area contributed by atoms with Crippen LogP contribution in [0, 0.1) is 12.7 Å². The summed E-state index contributed by atoms with van der Waals surface area (Å²) >= 11 is 1.19. The van der Waals surface area contributed by atoms with Gasteiger partial charge in [0.15, 0.2) is 5.16 Å². The topological polar surface area (TPSA) is 55.2 Å². The fraction of sp³-hybridized carbons (Fsp3) is 0.348. The van der Waals surface area contributed by atoms with E-state index in [1.54, 1.807) is 37.3 Å². The second-order valence-corrected chi connectivity index (χ2v) is 8.71. The molecule has 0 saturated heterocycles. The molecule has 0 bridgehead atoms. The van der Waals surface area contributed by atoms with Crippen LogP contribution in [0.4, 0.5) is 4.39 Å². The molecular weight excluding hydrogens is 401 g/mol. The highest BCUT2D eigenvalue weighted by atomic mass is 32.2. The van der Waals surface area contributed by atoms with E-state index in [1.807, 2.05) is 38.7 Å². The molecule has 3 aromatic rings. The van der Waals surface area contributed by atoms with Gasteiger partial charge in [-0.2, -0.15) is 0 Å². The molecule has 5 nitrogen and oxygen atoms in total. The quantitative estimate of drug-likeness (QED) is 0.427. The summed E-state index contributed by atoms with van der Waals surface area (Å²) in [4.78, 5) is 32.5. The highest BCUT2D eigenvalue weighted by Crippen LogP contribution is 2.23. The van der Waals surface area contributed by atoms with E-state index < -0.39 is 5.82 Å². The smallest absolute Gasteiger partial charge is 0.266 e. The fourth-order valence-electron chi connectivity index (χ4n) is 3.53. The monoisotopic (exact) mass is 427 g/mol. The number of rotatable bonds is 6. The van der Waals surface area contributed by atoms with Gasteiger partial charge in [-0.05, 0) is 64.4 Å². The number of fused-ring (bicyclic) bond motifs is 1. The number of thioether (sulfide) groups is 1. The Morgan fingerprint density at radius 3 is 2.43 bits per heavy atom. The molecule has 0 aliphatic heterocycles. The molecule has 1 heterocycles. The molecule has 0 radical (unpaired) electrons. The van der Waals surface area contributed by atoms with E-state index in [4.69, 9.17) is 0 Å². The maximum Gasteiger partial charge on any atom is 0.266 e. The van der Waals surface area contributed by atoms with Gasteiger partial charge >= 0.3 is 0 Å². The van der Waals surface area contributed by atoms with Crippen molar-refractivity contribution < 1.29 is 9.18 Å². The van der Waals surface area contributed by atoms with Crippen LogP contribution in [0.3, 0.4) is 0 Å². The predicted molar refractivity (Wildman–Crippen MR) is 120 cm³/mol. The Morgan fingerprint density at radius 2 is 1.80 bits per heavy atom. The van der Waals surface area contributed by atoms with Crippen molar-refractivity contribution in [3.63, 3.8) is 0 Å². The van der Waals surface area contributed by atoms with Gasteiger partial charge < -0.3 is 4.90 Å². The van der Waals surface area contributed by atoms with Crippen LogP contribution in [-0.4, -0.2) is 38.2 Å². The Morgan fingerprint density at radius 1 is 1.13 bits per heavy atom. The van der Waals surface area contributed by atoms with Gasteiger partial charge in [0, 0.05) is 12.1 Å². The molecule has 1 aromatic heterocycles. The molecule has 0 fully saturated rings. The maximum absolute atomic E-state index is 14.2. The molecule has 0 spiro atoms. The van der Waals surface area contributed by atoms with Crippen LogP contribution in [0.15, 0.2) is 52.4 Å². The lowest BCUT2D eigenvalue weighted by atomic mass is 10.2. The van der Waals surface area contributed by atoms with E-state index in [-0.39, 0.29) is 29.3 Å². The third-order valence-electron chi connectivity index (χ3n) is 4.88. The van der Waals surface area contributed by atoms with Crippen LogP contribution in [0.25, 0.3) is 16.6 Å². The summed E-state index contributed by atoms with van der Waals surface area (Å²) in [6.07, 6.45) is 0. The number of aryl methyl sites for hydroxylation is 1. The lowest BCUT2D eigenvalue weighted by Crippen LogP contribution is -2.43. The summed E-state index contributed by atoms with van der Waals surface area (Å²) in [6, 6.07) is 11.8. The zero-order chi connectivity index (χ0) is 22.0. The zero-order valence-electron chi connectivity index (χ0n) is 17.8. The number of nitrogens with zero attached hydrogens (tertiary/aromatic N) is 3. The van der Waals surface area contributed by atoms with Gasteiger partial charge in [0.2, 0.25) is 5.91 Å². The zero-order valence-corrected chi connectivity index (χ0v) is 18.7. The number of hydrogen-bond acceptors (Lipinski definition) is 4. The Bertz CT molecular complexity index is 1130. The molecule has 0 saturated carbocycles. The lowest BCUT2D eigenvalue weighted by Gasteiger charge is -2.30. The van der Waals surface area contributed by atoms with Crippen molar-refractivity contribution in [2.24, 2.45) is 0 Å². The molecule has 1 amide bonds. The first-order valence-electron chi connectivity index (χ1n) is 9.93. The average molecular weight is 428 g/mol. The molecule has 0 unspecified atom stereocenters. The van der Waals surface area contributed by atoms with Crippen molar-refractivity contribution in [1.29, 1.82) is 0 Å². The number of halogens is 1. The van der Waals surface area contributed by atoms with Crippen molar-refractivity contribution in [2.75, 3.05) is 5.75 Å². The van der Waals surface area contributed by atoms with Crippen LogP contribution in [0.1, 0.15) is 33.3 Å². The summed E-state index contributed by atoms with van der Waals surface area (Å²) in [6.45, 7) is 9.56. The first kappa shape index (κ1) is 22.0. The van der Waals surface area contributed by atoms with Crippen LogP contribution in [-0.2, 0) is 4.79 Å². The van der Waals surface area contributed by atoms with E-state index in [1.165, 1.54) is 22.4 Å². The second kappa shape index (κ2) is 9.00. The van der Waals surface area contributed by atoms with Gasteiger partial charge in [-0.15, -0.1) is 0 Å². The number of carbonyl (C=O) groups is 1. The first-order chi connectivity index (χ1) is 14.2. The van der Waals surface area contributed by atoms with E-state index in [9.17, 15) is 14.0 Å². The van der Waals surface area contributed by atoms with Gasteiger partial charge in [-0.3, -0.25) is 14.2 Å². The van der Waals surface area contributed by atoms with E-state index in [0.29, 0.717) is 27.3 Å². The largest absolute Gasteiger partial charge is 0.337 e. The summed E-state index contributed by atoms with van der Waals surface area (Å²) < 4.78 is 15.6. The Balaban J connectivity index is 2.08. The number of para-hydroxylation sites is 1. The fourth-order valence-corrected chi connectivity index (χ4v) is 4.41. The second-order valence-electron chi connectivity index (χ2n) is 7.76. The third kappa shape index (κ3) is 4.41. The summed E-state index contributed by atoms with van der Waals surface area (Å²) in [5.74, 6) is -0.297. The van der Waals surface area contributed by atoms with Crippen molar-refractivity contribution in [1.82, 2.24) is 14.5 Å². The van der Waals surface area contributed by atoms with Gasteiger partial charge in [0.05, 0.1) is 22.3 Å².